The first-order chi connectivity index (χ1) is 8.31. The van der Waals surface area contributed by atoms with Gasteiger partial charge in [0.15, 0.2) is 0 Å². The number of nitrogens with one attached hydrogen (secondary N) is 1. The van der Waals surface area contributed by atoms with Crippen LogP contribution in [0.2, 0.25) is 0 Å². The predicted octanol–water partition coefficient (Wildman–Crippen LogP) is 0.222. The maximum atomic E-state index is 11.6. The third-order valence-corrected chi connectivity index (χ3v) is 2.42. The quantitative estimate of drug-likeness (QED) is 0.688. The highest BCUT2D eigenvalue weighted by atomic mass is 16.5. The Bertz CT molecular complexity index is 376. The smallest absolute Gasteiger partial charge is 0.331 e. The number of amides is 3. The van der Waals surface area contributed by atoms with E-state index >= 15 is 0 Å². The number of carboxylic acid groups (broad SMARTS) is 1. The lowest BCUT2D eigenvalue weighted by molar-refractivity contribution is -0.133. The van der Waals surface area contributed by atoms with E-state index in [-0.39, 0.29) is 11.1 Å². The topological polar surface area (TPSA) is 95.9 Å². The van der Waals surface area contributed by atoms with Crippen molar-refractivity contribution in [2.75, 3.05) is 27.3 Å². The molecule has 102 valence electrons. The van der Waals surface area contributed by atoms with Gasteiger partial charge in [0.05, 0.1) is 6.61 Å². The number of carbonyl (C=O) groups is 3. The zero-order valence-electron chi connectivity index (χ0n) is 10.9. The number of methoxy groups -OCH3 is 1. The molecule has 0 saturated carbocycles. The number of ether oxygens (including phenoxy) is 1. The van der Waals surface area contributed by atoms with E-state index < -0.39 is 17.9 Å². The molecule has 0 aromatic carbocycles. The molecule has 7 nitrogen and oxygen atoms in total. The van der Waals surface area contributed by atoms with E-state index in [1.807, 2.05) is 0 Å². The molecule has 7 heteroatoms. The Morgan fingerprint density at radius 3 is 2.22 bits per heavy atom. The normalized spacial score (nSPS) is 11.6. The van der Waals surface area contributed by atoms with Gasteiger partial charge < -0.3 is 14.7 Å². The molecule has 0 aliphatic carbocycles. The predicted molar refractivity (Wildman–Crippen MR) is 64.1 cm³/mol. The van der Waals surface area contributed by atoms with Crippen LogP contribution in [-0.4, -0.2) is 55.2 Å². The van der Waals surface area contributed by atoms with E-state index in [1.165, 1.54) is 32.9 Å². The zero-order valence-corrected chi connectivity index (χ0v) is 10.9. The third-order valence-electron chi connectivity index (χ3n) is 2.42. The fraction of sp³-hybridized carbons (Fsp3) is 0.545. The number of likely N-dealkylation sites (N-methyl/N-ethyl adjacent to an activating group) is 1. The molecule has 0 rings (SSSR count). The molecule has 0 aliphatic rings. The minimum absolute atomic E-state index is 0.00371. The Balaban J connectivity index is 4.53. The minimum atomic E-state index is -1.19. The number of urea groups is 1. The molecule has 0 aromatic rings. The van der Waals surface area contributed by atoms with Crippen LogP contribution >= 0.6 is 0 Å². The highest BCUT2D eigenvalue weighted by Gasteiger charge is 2.17. The second-order valence-electron chi connectivity index (χ2n) is 3.73. The van der Waals surface area contributed by atoms with Crippen molar-refractivity contribution in [3.05, 3.63) is 11.1 Å². The maximum absolute atomic E-state index is 11.6. The van der Waals surface area contributed by atoms with Gasteiger partial charge in [0.25, 0.3) is 5.91 Å². The molecule has 0 saturated heterocycles. The van der Waals surface area contributed by atoms with E-state index in [9.17, 15) is 14.4 Å². The zero-order chi connectivity index (χ0) is 14.3. The highest BCUT2D eigenvalue weighted by Crippen LogP contribution is 2.03. The SMILES string of the molecule is COCCN(C)C(=O)NC(=O)C(C)=C(C)C(=O)O. The second-order valence-corrected chi connectivity index (χ2v) is 3.73. The number of nitrogens with zero attached hydrogens (tertiary/aromatic N) is 1. The van der Waals surface area contributed by atoms with Crippen molar-refractivity contribution in [1.82, 2.24) is 10.2 Å². The van der Waals surface area contributed by atoms with Crippen LogP contribution in [0, 0.1) is 0 Å². The number of imide groups is 1. The summed E-state index contributed by atoms with van der Waals surface area (Å²) in [6, 6.07) is -0.602. The van der Waals surface area contributed by atoms with Crippen molar-refractivity contribution in [3.8, 4) is 0 Å². The Kier molecular flexibility index (Phi) is 6.66. The minimum Gasteiger partial charge on any atom is -0.478 e. The molecule has 0 bridgehead atoms. The largest absolute Gasteiger partial charge is 0.478 e. The standard InChI is InChI=1S/C11H18N2O5/c1-7(8(2)10(15)16)9(14)12-11(17)13(3)5-6-18-4/h5-6H2,1-4H3,(H,15,16)(H,12,14,17). The molecular formula is C11H18N2O5. The van der Waals surface area contributed by atoms with Gasteiger partial charge in [0.2, 0.25) is 0 Å². The summed E-state index contributed by atoms with van der Waals surface area (Å²) in [5.74, 6) is -1.91. The van der Waals surface area contributed by atoms with Crippen molar-refractivity contribution < 1.29 is 24.2 Å². The van der Waals surface area contributed by atoms with Crippen LogP contribution < -0.4 is 5.32 Å². The van der Waals surface area contributed by atoms with Gasteiger partial charge in [-0.1, -0.05) is 0 Å². The molecule has 18 heavy (non-hydrogen) atoms. The molecule has 0 fully saturated rings. The molecule has 2 N–H and O–H groups in total. The van der Waals surface area contributed by atoms with Crippen molar-refractivity contribution in [3.63, 3.8) is 0 Å². The fourth-order valence-electron chi connectivity index (χ4n) is 0.947. The Morgan fingerprint density at radius 1 is 1.22 bits per heavy atom. The average Bonchev–Trinajstić information content (AvgIpc) is 2.33. The van der Waals surface area contributed by atoms with Crippen molar-refractivity contribution in [2.45, 2.75) is 13.8 Å². The summed E-state index contributed by atoms with van der Waals surface area (Å²) < 4.78 is 4.79. The van der Waals surface area contributed by atoms with Crippen LogP contribution in [0.1, 0.15) is 13.8 Å². The summed E-state index contributed by atoms with van der Waals surface area (Å²) in [7, 11) is 3.00. The molecule has 0 atom stereocenters. The number of hydrogen-bond acceptors (Lipinski definition) is 4. The van der Waals surface area contributed by atoms with Gasteiger partial charge >= 0.3 is 12.0 Å². The molecular weight excluding hydrogens is 240 g/mol. The van der Waals surface area contributed by atoms with Gasteiger partial charge in [0.1, 0.15) is 0 Å². The second kappa shape index (κ2) is 7.44. The van der Waals surface area contributed by atoms with Gasteiger partial charge in [-0.15, -0.1) is 0 Å². The molecule has 0 heterocycles. The van der Waals surface area contributed by atoms with Crippen molar-refractivity contribution in [2.24, 2.45) is 0 Å². The van der Waals surface area contributed by atoms with Crippen molar-refractivity contribution >= 4 is 17.9 Å². The Labute approximate surface area is 105 Å². The number of hydrogen-bond donors (Lipinski definition) is 2. The number of rotatable bonds is 5. The van der Waals surface area contributed by atoms with E-state index in [2.05, 4.69) is 5.32 Å². The summed E-state index contributed by atoms with van der Waals surface area (Å²) in [6.45, 7) is 3.33. The summed E-state index contributed by atoms with van der Waals surface area (Å²) in [5.41, 5.74) is -0.101. The highest BCUT2D eigenvalue weighted by molar-refractivity contribution is 6.07. The van der Waals surface area contributed by atoms with E-state index in [0.29, 0.717) is 13.2 Å². The van der Waals surface area contributed by atoms with Gasteiger partial charge in [0, 0.05) is 31.8 Å². The lowest BCUT2D eigenvalue weighted by Crippen LogP contribution is -2.42. The first kappa shape index (κ1) is 16.1. The van der Waals surface area contributed by atoms with E-state index in [4.69, 9.17) is 9.84 Å². The van der Waals surface area contributed by atoms with E-state index in [0.717, 1.165) is 0 Å². The van der Waals surface area contributed by atoms with Crippen LogP contribution in [0.15, 0.2) is 11.1 Å². The fourth-order valence-corrected chi connectivity index (χ4v) is 0.947. The van der Waals surface area contributed by atoms with Crippen LogP contribution in [0.5, 0.6) is 0 Å². The van der Waals surface area contributed by atoms with Crippen LogP contribution in [0.3, 0.4) is 0 Å². The number of aliphatic carboxylic acids is 1. The molecule has 0 aliphatic heterocycles. The van der Waals surface area contributed by atoms with E-state index in [1.54, 1.807) is 0 Å². The van der Waals surface area contributed by atoms with Gasteiger partial charge in [-0.3, -0.25) is 10.1 Å². The van der Waals surface area contributed by atoms with Gasteiger partial charge in [-0.2, -0.15) is 0 Å². The summed E-state index contributed by atoms with van der Waals surface area (Å²) in [6.07, 6.45) is 0. The lowest BCUT2D eigenvalue weighted by atomic mass is 10.1. The van der Waals surface area contributed by atoms with Crippen LogP contribution in [-0.2, 0) is 14.3 Å². The van der Waals surface area contributed by atoms with Crippen molar-refractivity contribution in [1.29, 1.82) is 0 Å². The maximum Gasteiger partial charge on any atom is 0.331 e. The average molecular weight is 258 g/mol. The van der Waals surface area contributed by atoms with Gasteiger partial charge in [-0.05, 0) is 13.8 Å². The molecule has 3 amide bonds. The molecule has 0 aromatic heterocycles. The first-order valence-electron chi connectivity index (χ1n) is 5.27. The third kappa shape index (κ3) is 4.96. The molecule has 0 spiro atoms. The molecule has 0 radical (unpaired) electrons. The van der Waals surface area contributed by atoms with Crippen LogP contribution in [0.25, 0.3) is 0 Å². The lowest BCUT2D eigenvalue weighted by Gasteiger charge is -2.16. The summed E-state index contributed by atoms with van der Waals surface area (Å²) >= 11 is 0. The van der Waals surface area contributed by atoms with Gasteiger partial charge in [-0.25, -0.2) is 9.59 Å². The first-order valence-corrected chi connectivity index (χ1v) is 5.27. The number of carbonyl (C=O) groups excluding carboxylic acids is 2. The monoisotopic (exact) mass is 258 g/mol. The summed E-state index contributed by atoms with van der Waals surface area (Å²) in [4.78, 5) is 35.0. The summed E-state index contributed by atoms with van der Waals surface area (Å²) in [5, 5.41) is 10.8. The number of carboxylic acids is 1. The van der Waals surface area contributed by atoms with Crippen LogP contribution in [0.4, 0.5) is 4.79 Å². The Hall–Kier alpha value is -1.89. The molecule has 0 unspecified atom stereocenters. The Morgan fingerprint density at radius 2 is 1.78 bits per heavy atom.